The highest BCUT2D eigenvalue weighted by molar-refractivity contribution is 7.86. The Bertz CT molecular complexity index is 3080. The number of ether oxygens (including phenoxy) is 2. The van der Waals surface area contributed by atoms with Gasteiger partial charge in [-0.3, -0.25) is 19.2 Å². The zero-order valence-electron chi connectivity index (χ0n) is 37.2. The largest absolute Gasteiger partial charge is 0.506 e. The minimum Gasteiger partial charge on any atom is -0.506 e. The Morgan fingerprint density at radius 1 is 0.697 bits per heavy atom. The third-order valence-electron chi connectivity index (χ3n) is 11.8. The fourth-order valence-electron chi connectivity index (χ4n) is 7.04. The summed E-state index contributed by atoms with van der Waals surface area (Å²) in [5.74, 6) is -0.950. The van der Waals surface area contributed by atoms with Gasteiger partial charge in [0.1, 0.15) is 27.8 Å². The van der Waals surface area contributed by atoms with E-state index in [4.69, 9.17) is 9.47 Å². The van der Waals surface area contributed by atoms with Gasteiger partial charge in [-0.25, -0.2) is 4.79 Å². The number of azo groups is 1. The van der Waals surface area contributed by atoms with Gasteiger partial charge in [0.25, 0.3) is 26.1 Å². The predicted octanol–water partition coefficient (Wildman–Crippen LogP) is 10.9. The van der Waals surface area contributed by atoms with E-state index >= 15 is 0 Å². The number of nitrogens with zero attached hydrogens (tertiary/aromatic N) is 2. The lowest BCUT2D eigenvalue weighted by Gasteiger charge is -2.30. The molecule has 0 fully saturated rings. The van der Waals surface area contributed by atoms with Crippen molar-refractivity contribution in [2.45, 2.75) is 87.8 Å². The SMILES string of the molecule is CCC(C)(C)c1ccc(OCCCCNC(=O)c2cc(OC(=O)Nc3ccc(N=Nc4c(O)c(S(=O)(=O)O)cc5cc(S(=O)(=O)O)ccc45)cc3)c3ccccc3c2O)c(C(C)(C)CC)c1. The van der Waals surface area contributed by atoms with Crippen LogP contribution in [0.1, 0.15) is 88.7 Å². The molecule has 16 nitrogen and oxygen atoms in total. The second-order valence-corrected chi connectivity index (χ2v) is 19.8. The van der Waals surface area contributed by atoms with E-state index in [-0.39, 0.29) is 55.4 Å². The average molecular weight is 941 g/mol. The number of unbranched alkanes of at least 4 members (excludes halogenated alkanes) is 1. The third kappa shape index (κ3) is 11.1. The van der Waals surface area contributed by atoms with E-state index < -0.39 is 53.5 Å². The standard InChI is InChI=1S/C48H52N4O12S2/c1-7-47(3,4)30-15-22-39(38(27-30)48(5,6)8-2)63-24-12-11-23-49-45(55)37-28-40(35-13-9-10-14-36(35)43(37)53)64-46(56)50-31-16-18-32(19-17-31)51-52-42-34-21-20-33(65(57,58)59)25-29(34)26-41(44(42)54)66(60,61)62/h9-10,13-22,25-28,53-54H,7-8,11-12,23-24H2,1-6H3,(H,49,55)(H,50,56)(H,57,58,59)(H,60,61,62). The minimum absolute atomic E-state index is 0.00638. The molecule has 0 radical (unpaired) electrons. The maximum absolute atomic E-state index is 13.4. The summed E-state index contributed by atoms with van der Waals surface area (Å²) in [7, 11) is -9.70. The Morgan fingerprint density at radius 3 is 2.03 bits per heavy atom. The molecule has 18 heteroatoms. The van der Waals surface area contributed by atoms with Crippen LogP contribution in [0.5, 0.6) is 23.0 Å². The number of fused-ring (bicyclic) bond motifs is 2. The summed E-state index contributed by atoms with van der Waals surface area (Å²) in [4.78, 5) is 25.1. The van der Waals surface area contributed by atoms with Crippen LogP contribution in [0, 0.1) is 0 Å². The number of benzene rings is 6. The van der Waals surface area contributed by atoms with E-state index in [0.29, 0.717) is 31.4 Å². The lowest BCUT2D eigenvalue weighted by Crippen LogP contribution is -2.25. The van der Waals surface area contributed by atoms with Crippen LogP contribution >= 0.6 is 0 Å². The molecule has 0 atom stereocenters. The first-order valence-electron chi connectivity index (χ1n) is 21.1. The van der Waals surface area contributed by atoms with Gasteiger partial charge in [0, 0.05) is 34.0 Å². The Kier molecular flexibility index (Phi) is 14.4. The van der Waals surface area contributed by atoms with E-state index in [2.05, 4.69) is 80.6 Å². The molecule has 0 spiro atoms. The number of nitrogens with one attached hydrogen (secondary N) is 2. The number of rotatable bonds is 17. The molecule has 6 aromatic carbocycles. The van der Waals surface area contributed by atoms with Gasteiger partial charge in [-0.1, -0.05) is 84.0 Å². The fraction of sp³-hybridized carbons (Fsp3) is 0.292. The lowest BCUT2D eigenvalue weighted by atomic mass is 9.76. The van der Waals surface area contributed by atoms with Crippen molar-refractivity contribution in [1.29, 1.82) is 0 Å². The zero-order chi connectivity index (χ0) is 48.2. The number of hydrogen-bond acceptors (Lipinski definition) is 12. The van der Waals surface area contributed by atoms with Crippen molar-refractivity contribution in [2.24, 2.45) is 10.2 Å². The molecule has 2 amide bonds. The molecule has 0 unspecified atom stereocenters. The van der Waals surface area contributed by atoms with Crippen LogP contribution in [0.3, 0.4) is 0 Å². The van der Waals surface area contributed by atoms with Gasteiger partial charge >= 0.3 is 6.09 Å². The highest BCUT2D eigenvalue weighted by Crippen LogP contribution is 2.43. The quantitative estimate of drug-likeness (QED) is 0.0284. The zero-order valence-corrected chi connectivity index (χ0v) is 38.9. The number of anilines is 1. The van der Waals surface area contributed by atoms with Crippen LogP contribution < -0.4 is 20.1 Å². The topological polar surface area (TPSA) is 251 Å². The lowest BCUT2D eigenvalue weighted by molar-refractivity contribution is 0.0949. The van der Waals surface area contributed by atoms with Crippen molar-refractivity contribution < 1.29 is 55.2 Å². The smallest absolute Gasteiger partial charge is 0.417 e. The number of hydrogen-bond donors (Lipinski definition) is 6. The summed E-state index contributed by atoms with van der Waals surface area (Å²) in [6.45, 7) is 14.0. The Hall–Kier alpha value is -6.60. The number of carbonyl (C=O) groups is 2. The fourth-order valence-corrected chi connectivity index (χ4v) is 8.17. The molecular weight excluding hydrogens is 889 g/mol. The van der Waals surface area contributed by atoms with Crippen molar-refractivity contribution in [3.63, 3.8) is 0 Å². The molecule has 6 rings (SSSR count). The predicted molar refractivity (Wildman–Crippen MR) is 251 cm³/mol. The van der Waals surface area contributed by atoms with Crippen molar-refractivity contribution in [1.82, 2.24) is 5.32 Å². The maximum atomic E-state index is 13.4. The van der Waals surface area contributed by atoms with E-state index in [1.54, 1.807) is 24.3 Å². The summed E-state index contributed by atoms with van der Waals surface area (Å²) >= 11 is 0. The summed E-state index contributed by atoms with van der Waals surface area (Å²) in [6.07, 6.45) is 2.28. The number of phenols is 2. The number of amides is 2. The van der Waals surface area contributed by atoms with Crippen LogP contribution in [-0.2, 0) is 31.1 Å². The first-order valence-corrected chi connectivity index (χ1v) is 24.0. The molecule has 0 aliphatic rings. The Balaban J connectivity index is 1.10. The first-order chi connectivity index (χ1) is 31.0. The van der Waals surface area contributed by atoms with Crippen LogP contribution in [0.4, 0.5) is 21.9 Å². The normalized spacial score (nSPS) is 12.4. The van der Waals surface area contributed by atoms with Crippen LogP contribution in [-0.4, -0.2) is 61.3 Å². The molecular formula is C48H52N4O12S2. The average Bonchev–Trinajstić information content (AvgIpc) is 3.27. The second kappa shape index (κ2) is 19.5. The Labute approximate surface area is 383 Å². The molecule has 0 heterocycles. The highest BCUT2D eigenvalue weighted by atomic mass is 32.2. The van der Waals surface area contributed by atoms with Crippen molar-refractivity contribution in [3.05, 3.63) is 114 Å². The number of phenolic OH excluding ortho intramolecular Hbond substituents is 2. The molecule has 0 saturated carbocycles. The van der Waals surface area contributed by atoms with Crippen LogP contribution in [0.2, 0.25) is 0 Å². The van der Waals surface area contributed by atoms with E-state index in [1.807, 2.05) is 0 Å². The second-order valence-electron chi connectivity index (χ2n) is 17.0. The molecule has 6 N–H and O–H groups in total. The van der Waals surface area contributed by atoms with E-state index in [1.165, 1.54) is 47.5 Å². The van der Waals surface area contributed by atoms with Crippen LogP contribution in [0.15, 0.2) is 117 Å². The maximum Gasteiger partial charge on any atom is 0.417 e. The number of aromatic hydroxyl groups is 2. The highest BCUT2D eigenvalue weighted by Gasteiger charge is 2.27. The summed E-state index contributed by atoms with van der Waals surface area (Å²) in [6, 6.07) is 24.0. The molecule has 66 heavy (non-hydrogen) atoms. The summed E-state index contributed by atoms with van der Waals surface area (Å²) in [5.41, 5.74) is 2.28. The van der Waals surface area contributed by atoms with Gasteiger partial charge in [0.15, 0.2) is 5.75 Å². The number of carbonyl (C=O) groups excluding carboxylic acids is 2. The van der Waals surface area contributed by atoms with E-state index in [9.17, 15) is 45.7 Å². The molecule has 6 aromatic rings. The van der Waals surface area contributed by atoms with Gasteiger partial charge in [0.2, 0.25) is 0 Å². The first kappa shape index (κ1) is 48.8. The summed E-state index contributed by atoms with van der Waals surface area (Å²) < 4.78 is 78.5. The van der Waals surface area contributed by atoms with Gasteiger partial charge in [0.05, 0.1) is 22.8 Å². The van der Waals surface area contributed by atoms with Gasteiger partial charge < -0.3 is 25.0 Å². The monoisotopic (exact) mass is 940 g/mol. The molecule has 0 aromatic heterocycles. The minimum atomic E-state index is -5.02. The molecule has 0 aliphatic carbocycles. The van der Waals surface area contributed by atoms with Crippen molar-refractivity contribution in [2.75, 3.05) is 18.5 Å². The molecule has 348 valence electrons. The third-order valence-corrected chi connectivity index (χ3v) is 13.5. The van der Waals surface area contributed by atoms with Crippen LogP contribution in [0.25, 0.3) is 21.5 Å². The van der Waals surface area contributed by atoms with Crippen molar-refractivity contribution in [3.8, 4) is 23.0 Å². The summed E-state index contributed by atoms with van der Waals surface area (Å²) in [5, 5.41) is 35.9. The molecule has 0 bridgehead atoms. The van der Waals surface area contributed by atoms with Crippen molar-refractivity contribution >= 4 is 70.8 Å². The van der Waals surface area contributed by atoms with Gasteiger partial charge in [-0.2, -0.15) is 21.9 Å². The van der Waals surface area contributed by atoms with E-state index in [0.717, 1.165) is 36.8 Å². The van der Waals surface area contributed by atoms with Gasteiger partial charge in [-0.15, -0.1) is 5.11 Å². The molecule has 0 aliphatic heterocycles. The Morgan fingerprint density at radius 2 is 1.38 bits per heavy atom. The van der Waals surface area contributed by atoms with Gasteiger partial charge in [-0.05, 0) is 102 Å². The molecule has 0 saturated heterocycles.